The van der Waals surface area contributed by atoms with Gasteiger partial charge in [0.1, 0.15) is 5.01 Å². The molecule has 0 spiro atoms. The summed E-state index contributed by atoms with van der Waals surface area (Å²) in [7, 11) is 1.91. The maximum absolute atomic E-state index is 10.6. The van der Waals surface area contributed by atoms with E-state index in [-0.39, 0.29) is 6.54 Å². The molecule has 9 heteroatoms. The molecule has 0 atom stereocenters. The van der Waals surface area contributed by atoms with Crippen molar-refractivity contribution in [3.8, 4) is 11.1 Å². The fraction of sp³-hybridized carbons (Fsp3) is 0.188. The van der Waals surface area contributed by atoms with Gasteiger partial charge in [-0.25, -0.2) is 9.78 Å². The molecule has 0 radical (unpaired) electrons. The first kappa shape index (κ1) is 17.8. The van der Waals surface area contributed by atoms with E-state index >= 15 is 0 Å². The zero-order chi connectivity index (χ0) is 17.8. The Morgan fingerprint density at radius 3 is 2.92 bits per heavy atom. The van der Waals surface area contributed by atoms with E-state index in [2.05, 4.69) is 39.9 Å². The van der Waals surface area contributed by atoms with Crippen LogP contribution in [-0.2, 0) is 13.6 Å². The highest BCUT2D eigenvalue weighted by Crippen LogP contribution is 2.37. The van der Waals surface area contributed by atoms with Gasteiger partial charge in [-0.2, -0.15) is 5.10 Å². The Bertz CT molecular complexity index is 891. The molecule has 6 nitrogen and oxygen atoms in total. The number of aryl methyl sites for hydroxylation is 1. The maximum Gasteiger partial charge on any atom is 0.405 e. The van der Waals surface area contributed by atoms with E-state index in [1.54, 1.807) is 34.4 Å². The van der Waals surface area contributed by atoms with Crippen molar-refractivity contribution < 1.29 is 9.90 Å². The van der Waals surface area contributed by atoms with Gasteiger partial charge in [0.15, 0.2) is 0 Å². The van der Waals surface area contributed by atoms with E-state index in [0.29, 0.717) is 0 Å². The van der Waals surface area contributed by atoms with Gasteiger partial charge >= 0.3 is 6.09 Å². The molecule has 0 saturated carbocycles. The third kappa shape index (κ3) is 4.56. The van der Waals surface area contributed by atoms with Crippen molar-refractivity contribution in [2.75, 3.05) is 6.26 Å². The number of rotatable bonds is 6. The van der Waals surface area contributed by atoms with Gasteiger partial charge in [-0.05, 0) is 30.0 Å². The first-order valence-corrected chi connectivity index (χ1v) is 10.2. The second kappa shape index (κ2) is 7.94. The molecule has 2 aromatic heterocycles. The van der Waals surface area contributed by atoms with E-state index in [1.165, 1.54) is 16.2 Å². The molecule has 0 aliphatic carbocycles. The predicted octanol–water partition coefficient (Wildman–Crippen LogP) is 4.18. The fourth-order valence-corrected chi connectivity index (χ4v) is 4.81. The van der Waals surface area contributed by atoms with Crippen molar-refractivity contribution >= 4 is 41.0 Å². The SMILES string of the molecule is CSc1ccc(Sc2cnc(CNC(=O)O)s2)cc1-c1cnn(C)c1. The van der Waals surface area contributed by atoms with Crippen LogP contribution in [0.5, 0.6) is 0 Å². The van der Waals surface area contributed by atoms with E-state index < -0.39 is 6.09 Å². The second-order valence-electron chi connectivity index (χ2n) is 5.10. The molecule has 25 heavy (non-hydrogen) atoms. The molecule has 2 N–H and O–H groups in total. The summed E-state index contributed by atoms with van der Waals surface area (Å²) >= 11 is 4.82. The zero-order valence-electron chi connectivity index (χ0n) is 13.6. The van der Waals surface area contributed by atoms with Crippen LogP contribution < -0.4 is 5.32 Å². The molecule has 0 aliphatic heterocycles. The van der Waals surface area contributed by atoms with Crippen LogP contribution in [0.2, 0.25) is 0 Å². The highest BCUT2D eigenvalue weighted by Gasteiger charge is 2.10. The number of benzene rings is 1. The van der Waals surface area contributed by atoms with Gasteiger partial charge < -0.3 is 10.4 Å². The lowest BCUT2D eigenvalue weighted by Crippen LogP contribution is -2.19. The Labute approximate surface area is 157 Å². The number of amides is 1. The van der Waals surface area contributed by atoms with Gasteiger partial charge in [-0.3, -0.25) is 4.68 Å². The van der Waals surface area contributed by atoms with Gasteiger partial charge in [-0.15, -0.1) is 23.1 Å². The molecule has 0 saturated heterocycles. The average molecular weight is 393 g/mol. The molecule has 130 valence electrons. The summed E-state index contributed by atoms with van der Waals surface area (Å²) in [6.07, 6.45) is 6.67. The molecule has 1 aromatic carbocycles. The number of hydrogen-bond donors (Lipinski definition) is 2. The molecule has 0 bridgehead atoms. The molecule has 0 aliphatic rings. The molecular weight excluding hydrogens is 376 g/mol. The predicted molar refractivity (Wildman–Crippen MR) is 102 cm³/mol. The van der Waals surface area contributed by atoms with Gasteiger partial charge in [0.05, 0.1) is 23.1 Å². The Morgan fingerprint density at radius 1 is 1.40 bits per heavy atom. The maximum atomic E-state index is 10.6. The lowest BCUT2D eigenvalue weighted by atomic mass is 10.1. The summed E-state index contributed by atoms with van der Waals surface area (Å²) in [6, 6.07) is 6.36. The van der Waals surface area contributed by atoms with Crippen LogP contribution in [0.25, 0.3) is 11.1 Å². The van der Waals surface area contributed by atoms with Crippen LogP contribution in [0.3, 0.4) is 0 Å². The third-order valence-electron chi connectivity index (χ3n) is 3.33. The van der Waals surface area contributed by atoms with Gasteiger partial charge in [0, 0.05) is 28.6 Å². The van der Waals surface area contributed by atoms with Crippen molar-refractivity contribution in [3.63, 3.8) is 0 Å². The highest BCUT2D eigenvalue weighted by atomic mass is 32.2. The monoisotopic (exact) mass is 392 g/mol. The Kier molecular flexibility index (Phi) is 5.67. The smallest absolute Gasteiger partial charge is 0.405 e. The number of thioether (sulfide) groups is 1. The molecule has 2 heterocycles. The second-order valence-corrected chi connectivity index (χ2v) is 8.44. The number of carbonyl (C=O) groups is 1. The summed E-state index contributed by atoms with van der Waals surface area (Å²) in [5.41, 5.74) is 2.24. The normalized spacial score (nSPS) is 10.8. The van der Waals surface area contributed by atoms with Gasteiger partial charge in [-0.1, -0.05) is 11.8 Å². The summed E-state index contributed by atoms with van der Waals surface area (Å²) in [5, 5.41) is 16.0. The number of carboxylic acid groups (broad SMARTS) is 1. The minimum atomic E-state index is -1.04. The van der Waals surface area contributed by atoms with E-state index in [0.717, 1.165) is 25.2 Å². The summed E-state index contributed by atoms with van der Waals surface area (Å²) < 4.78 is 2.82. The molecule has 3 rings (SSSR count). The number of nitrogens with one attached hydrogen (secondary N) is 1. The van der Waals surface area contributed by atoms with Crippen molar-refractivity contribution in [1.29, 1.82) is 0 Å². The van der Waals surface area contributed by atoms with E-state index in [1.807, 2.05) is 19.4 Å². The molecule has 3 aromatic rings. The molecular formula is C16H16N4O2S3. The molecule has 0 fully saturated rings. The highest BCUT2D eigenvalue weighted by molar-refractivity contribution is 8.01. The minimum absolute atomic E-state index is 0.229. The Morgan fingerprint density at radius 2 is 2.24 bits per heavy atom. The Balaban J connectivity index is 1.80. The van der Waals surface area contributed by atoms with Crippen LogP contribution in [0.1, 0.15) is 5.01 Å². The summed E-state index contributed by atoms with van der Waals surface area (Å²) in [6.45, 7) is 0.229. The number of aromatic nitrogens is 3. The van der Waals surface area contributed by atoms with E-state index in [9.17, 15) is 4.79 Å². The lowest BCUT2D eigenvalue weighted by molar-refractivity contribution is 0.194. The van der Waals surface area contributed by atoms with Gasteiger partial charge in [0.2, 0.25) is 0 Å². The molecule has 0 unspecified atom stereocenters. The van der Waals surface area contributed by atoms with Crippen LogP contribution in [0.15, 0.2) is 50.8 Å². The van der Waals surface area contributed by atoms with Crippen LogP contribution in [0, 0.1) is 0 Å². The lowest BCUT2D eigenvalue weighted by Gasteiger charge is -2.08. The molecule has 1 amide bonds. The van der Waals surface area contributed by atoms with Crippen molar-refractivity contribution in [3.05, 3.63) is 41.8 Å². The van der Waals surface area contributed by atoms with Crippen LogP contribution in [-0.4, -0.2) is 32.2 Å². The summed E-state index contributed by atoms with van der Waals surface area (Å²) in [4.78, 5) is 17.1. The quantitative estimate of drug-likeness (QED) is 0.613. The first-order chi connectivity index (χ1) is 12.0. The van der Waals surface area contributed by atoms with Gasteiger partial charge in [0.25, 0.3) is 0 Å². The fourth-order valence-electron chi connectivity index (χ4n) is 2.23. The van der Waals surface area contributed by atoms with Crippen LogP contribution in [0.4, 0.5) is 4.79 Å². The van der Waals surface area contributed by atoms with Crippen molar-refractivity contribution in [1.82, 2.24) is 20.1 Å². The first-order valence-electron chi connectivity index (χ1n) is 7.31. The van der Waals surface area contributed by atoms with Crippen molar-refractivity contribution in [2.24, 2.45) is 7.05 Å². The minimum Gasteiger partial charge on any atom is -0.465 e. The largest absolute Gasteiger partial charge is 0.465 e. The Hall–Kier alpha value is -1.97. The zero-order valence-corrected chi connectivity index (χ0v) is 16.0. The standard InChI is InChI=1S/C16H16N4O2S3/c1-20-9-10(6-19-20)12-5-11(3-4-13(12)23-2)24-15-8-17-14(25-15)7-18-16(21)22/h3-6,8-9,18H,7H2,1-2H3,(H,21,22). The number of nitrogens with zero attached hydrogens (tertiary/aromatic N) is 3. The van der Waals surface area contributed by atoms with Crippen molar-refractivity contribution in [2.45, 2.75) is 20.5 Å². The summed E-state index contributed by atoms with van der Waals surface area (Å²) in [5.74, 6) is 0. The third-order valence-corrected chi connectivity index (χ3v) is 6.21. The topological polar surface area (TPSA) is 80.0 Å². The number of thiazole rings is 1. The average Bonchev–Trinajstić information content (AvgIpc) is 3.22. The van der Waals surface area contributed by atoms with Crippen LogP contribution >= 0.6 is 34.9 Å². The number of hydrogen-bond acceptors (Lipinski definition) is 6. The van der Waals surface area contributed by atoms with E-state index in [4.69, 9.17) is 5.11 Å².